The van der Waals surface area contributed by atoms with Crippen LogP contribution < -0.4 is 4.74 Å². The van der Waals surface area contributed by atoms with Gasteiger partial charge in [0, 0.05) is 23.1 Å². The fourth-order valence-corrected chi connectivity index (χ4v) is 2.90. The van der Waals surface area contributed by atoms with E-state index in [9.17, 15) is 18.0 Å². The van der Waals surface area contributed by atoms with Crippen molar-refractivity contribution >= 4 is 21.8 Å². The molecule has 0 spiro atoms. The number of nitrogens with zero attached hydrogens (tertiary/aromatic N) is 1. The van der Waals surface area contributed by atoms with Gasteiger partial charge < -0.3 is 9.64 Å². The first-order valence-electron chi connectivity index (χ1n) is 7.35. The van der Waals surface area contributed by atoms with Gasteiger partial charge in [0.25, 0.3) is 5.91 Å². The number of halogens is 4. The number of alkyl halides is 3. The van der Waals surface area contributed by atoms with Crippen LogP contribution in [0, 0.1) is 5.41 Å². The molecule has 3 nitrogen and oxygen atoms in total. The second-order valence-electron chi connectivity index (χ2n) is 6.54. The van der Waals surface area contributed by atoms with Gasteiger partial charge in [-0.3, -0.25) is 4.79 Å². The number of ether oxygens (including phenoxy) is 1. The first-order valence-corrected chi connectivity index (χ1v) is 8.14. The molecule has 2 rings (SSSR count). The lowest BCUT2D eigenvalue weighted by atomic mass is 9.82. The van der Waals surface area contributed by atoms with Crippen LogP contribution >= 0.6 is 15.9 Å². The van der Waals surface area contributed by atoms with Crippen LogP contribution in [0.2, 0.25) is 0 Å². The molecule has 128 valence electrons. The Morgan fingerprint density at radius 2 is 1.87 bits per heavy atom. The standard InChI is InChI=1S/C16H19BrF3NO2/c1-15(2)3-5-21(6-4-15)14(22)11-7-12(17)9-13(8-11)23-10-16(18,19)20/h7-9H,3-6,10H2,1-2H3. The molecule has 1 saturated heterocycles. The van der Waals surface area contributed by atoms with Crippen molar-refractivity contribution in [3.05, 3.63) is 28.2 Å². The van der Waals surface area contributed by atoms with Crippen LogP contribution in [0.5, 0.6) is 5.75 Å². The number of benzene rings is 1. The minimum absolute atomic E-state index is 0.0254. The smallest absolute Gasteiger partial charge is 0.422 e. The van der Waals surface area contributed by atoms with Gasteiger partial charge in [-0.05, 0) is 36.5 Å². The van der Waals surface area contributed by atoms with Gasteiger partial charge in [-0.25, -0.2) is 0 Å². The predicted molar refractivity (Wildman–Crippen MR) is 84.6 cm³/mol. The van der Waals surface area contributed by atoms with E-state index in [1.165, 1.54) is 12.1 Å². The Hall–Kier alpha value is -1.24. The molecule has 0 bridgehead atoms. The molecule has 1 aromatic carbocycles. The summed E-state index contributed by atoms with van der Waals surface area (Å²) in [4.78, 5) is 14.3. The van der Waals surface area contributed by atoms with E-state index in [4.69, 9.17) is 4.74 Å². The number of hydrogen-bond acceptors (Lipinski definition) is 2. The molecule has 7 heteroatoms. The number of likely N-dealkylation sites (tertiary alicyclic amines) is 1. The summed E-state index contributed by atoms with van der Waals surface area (Å²) in [5, 5.41) is 0. The van der Waals surface area contributed by atoms with Crippen LogP contribution in [-0.2, 0) is 0 Å². The lowest BCUT2D eigenvalue weighted by Crippen LogP contribution is -2.41. The van der Waals surface area contributed by atoms with Crippen LogP contribution in [0.4, 0.5) is 13.2 Å². The van der Waals surface area contributed by atoms with Crippen molar-refractivity contribution in [3.63, 3.8) is 0 Å². The highest BCUT2D eigenvalue weighted by atomic mass is 79.9. The zero-order valence-electron chi connectivity index (χ0n) is 13.0. The van der Waals surface area contributed by atoms with Crippen LogP contribution in [-0.4, -0.2) is 36.7 Å². The summed E-state index contributed by atoms with van der Waals surface area (Å²) in [6, 6.07) is 4.38. The van der Waals surface area contributed by atoms with Crippen LogP contribution in [0.1, 0.15) is 37.0 Å². The predicted octanol–water partition coefficient (Wildman–Crippen LogP) is 4.65. The zero-order valence-corrected chi connectivity index (χ0v) is 14.6. The molecular formula is C16H19BrF3NO2. The number of piperidine rings is 1. The summed E-state index contributed by atoms with van der Waals surface area (Å²) in [7, 11) is 0. The van der Waals surface area contributed by atoms with E-state index in [1.54, 1.807) is 11.0 Å². The molecule has 1 aromatic rings. The van der Waals surface area contributed by atoms with E-state index in [0.717, 1.165) is 12.8 Å². The van der Waals surface area contributed by atoms with Gasteiger partial charge in [0.15, 0.2) is 6.61 Å². The SMILES string of the molecule is CC1(C)CCN(C(=O)c2cc(Br)cc(OCC(F)(F)F)c2)CC1. The molecule has 0 aliphatic carbocycles. The first kappa shape index (κ1) is 18.1. The van der Waals surface area contributed by atoms with Gasteiger partial charge in [0.1, 0.15) is 5.75 Å². The van der Waals surface area contributed by atoms with Crippen molar-refractivity contribution in [1.82, 2.24) is 4.90 Å². The summed E-state index contributed by atoms with van der Waals surface area (Å²) in [5.74, 6) is -0.156. The second kappa shape index (κ2) is 6.71. The van der Waals surface area contributed by atoms with Gasteiger partial charge in [0.05, 0.1) is 0 Å². The Balaban J connectivity index is 2.10. The highest BCUT2D eigenvalue weighted by Crippen LogP contribution is 2.31. The fraction of sp³-hybridized carbons (Fsp3) is 0.562. The largest absolute Gasteiger partial charge is 0.484 e. The topological polar surface area (TPSA) is 29.5 Å². The van der Waals surface area contributed by atoms with Gasteiger partial charge in [-0.1, -0.05) is 29.8 Å². The van der Waals surface area contributed by atoms with Crippen LogP contribution in [0.3, 0.4) is 0 Å². The molecule has 1 heterocycles. The molecule has 1 aliphatic heterocycles. The molecule has 0 radical (unpaired) electrons. The van der Waals surface area contributed by atoms with Gasteiger partial charge in [0.2, 0.25) is 0 Å². The lowest BCUT2D eigenvalue weighted by Gasteiger charge is -2.37. The maximum absolute atomic E-state index is 12.5. The van der Waals surface area contributed by atoms with E-state index in [-0.39, 0.29) is 17.1 Å². The van der Waals surface area contributed by atoms with E-state index in [2.05, 4.69) is 29.8 Å². The average molecular weight is 394 g/mol. The average Bonchev–Trinajstić information content (AvgIpc) is 2.43. The minimum atomic E-state index is -4.41. The summed E-state index contributed by atoms with van der Waals surface area (Å²) < 4.78 is 42.0. The van der Waals surface area contributed by atoms with Crippen molar-refractivity contribution in [2.45, 2.75) is 32.9 Å². The fourth-order valence-electron chi connectivity index (χ4n) is 2.43. The number of hydrogen-bond donors (Lipinski definition) is 0. The molecule has 0 N–H and O–H groups in total. The first-order chi connectivity index (χ1) is 10.6. The van der Waals surface area contributed by atoms with Gasteiger partial charge in [-0.15, -0.1) is 0 Å². The number of rotatable bonds is 3. The minimum Gasteiger partial charge on any atom is -0.484 e. The summed E-state index contributed by atoms with van der Waals surface area (Å²) in [6.07, 6.45) is -2.60. The molecule has 0 atom stereocenters. The Kier molecular flexibility index (Phi) is 5.28. The summed E-state index contributed by atoms with van der Waals surface area (Å²) >= 11 is 3.21. The van der Waals surface area contributed by atoms with E-state index < -0.39 is 12.8 Å². The van der Waals surface area contributed by atoms with E-state index >= 15 is 0 Å². The molecular weight excluding hydrogens is 375 g/mol. The Labute approximate surface area is 141 Å². The normalized spacial score (nSPS) is 17.9. The molecule has 0 saturated carbocycles. The zero-order chi connectivity index (χ0) is 17.3. The van der Waals surface area contributed by atoms with Crippen LogP contribution in [0.15, 0.2) is 22.7 Å². The van der Waals surface area contributed by atoms with Crippen molar-refractivity contribution < 1.29 is 22.7 Å². The third-order valence-corrected chi connectivity index (χ3v) is 4.38. The maximum Gasteiger partial charge on any atom is 0.422 e. The van der Waals surface area contributed by atoms with Crippen molar-refractivity contribution in [2.75, 3.05) is 19.7 Å². The third-order valence-electron chi connectivity index (χ3n) is 3.92. The highest BCUT2D eigenvalue weighted by molar-refractivity contribution is 9.10. The number of amides is 1. The monoisotopic (exact) mass is 393 g/mol. The summed E-state index contributed by atoms with van der Waals surface area (Å²) in [5.41, 5.74) is 0.547. The molecule has 0 unspecified atom stereocenters. The van der Waals surface area contributed by atoms with Gasteiger partial charge in [-0.2, -0.15) is 13.2 Å². The Morgan fingerprint density at radius 3 is 2.43 bits per heavy atom. The van der Waals surface area contributed by atoms with Crippen molar-refractivity contribution in [3.8, 4) is 5.75 Å². The highest BCUT2D eigenvalue weighted by Gasteiger charge is 2.30. The lowest BCUT2D eigenvalue weighted by molar-refractivity contribution is -0.153. The molecule has 23 heavy (non-hydrogen) atoms. The quantitative estimate of drug-likeness (QED) is 0.747. The summed E-state index contributed by atoms with van der Waals surface area (Å²) in [6.45, 7) is 4.25. The molecule has 0 aromatic heterocycles. The molecule has 1 amide bonds. The molecule has 1 aliphatic rings. The van der Waals surface area contributed by atoms with Crippen molar-refractivity contribution in [1.29, 1.82) is 0 Å². The Morgan fingerprint density at radius 1 is 1.26 bits per heavy atom. The number of carbonyl (C=O) groups excluding carboxylic acids is 1. The van der Waals surface area contributed by atoms with Crippen LogP contribution in [0.25, 0.3) is 0 Å². The van der Waals surface area contributed by atoms with E-state index in [0.29, 0.717) is 23.1 Å². The van der Waals surface area contributed by atoms with E-state index in [1.807, 2.05) is 0 Å². The molecule has 1 fully saturated rings. The maximum atomic E-state index is 12.5. The second-order valence-corrected chi connectivity index (χ2v) is 7.45. The van der Waals surface area contributed by atoms with Crippen molar-refractivity contribution in [2.24, 2.45) is 5.41 Å². The van der Waals surface area contributed by atoms with Gasteiger partial charge >= 0.3 is 6.18 Å². The third kappa shape index (κ3) is 5.41. The Bertz CT molecular complexity index is 577. The number of carbonyl (C=O) groups is 1.